The van der Waals surface area contributed by atoms with E-state index in [-0.39, 0.29) is 19.0 Å². The number of hydrogen-bond donors (Lipinski definition) is 1. The van der Waals surface area contributed by atoms with E-state index >= 15 is 0 Å². The van der Waals surface area contributed by atoms with Crippen LogP contribution in [-0.4, -0.2) is 21.3 Å². The van der Waals surface area contributed by atoms with Crippen molar-refractivity contribution in [3.05, 3.63) is 50.3 Å². The van der Waals surface area contributed by atoms with Crippen molar-refractivity contribution in [3.8, 4) is 16.9 Å². The molecule has 1 aromatic carbocycles. The predicted molar refractivity (Wildman–Crippen MR) is 94.8 cm³/mol. The van der Waals surface area contributed by atoms with Gasteiger partial charge in [0.25, 0.3) is 5.56 Å². The third-order valence-electron chi connectivity index (χ3n) is 4.48. The van der Waals surface area contributed by atoms with E-state index in [0.29, 0.717) is 28.9 Å². The van der Waals surface area contributed by atoms with Crippen LogP contribution in [0.25, 0.3) is 11.1 Å². The third kappa shape index (κ3) is 3.09. The van der Waals surface area contributed by atoms with E-state index in [1.165, 1.54) is 17.8 Å². The minimum atomic E-state index is -0.519. The standard InChI is InChI=1S/C18H21N3O5/c1-4-16(22)26-14-6-5-10(11-7-15(19)25-9-13(11)14)12-8-20(2)18(24)21(3)17(12)23/h5-6,8,15H,4,7,9,19H2,1-3H3/t15-/m0/s1. The molecule has 8 heteroatoms. The second-order valence-corrected chi connectivity index (χ2v) is 6.25. The number of nitrogens with two attached hydrogens (primary N) is 1. The lowest BCUT2D eigenvalue weighted by molar-refractivity contribution is -0.134. The van der Waals surface area contributed by atoms with Crippen molar-refractivity contribution < 1.29 is 14.3 Å². The Labute approximate surface area is 149 Å². The highest BCUT2D eigenvalue weighted by Gasteiger charge is 2.25. The average molecular weight is 359 g/mol. The predicted octanol–water partition coefficient (Wildman–Crippen LogP) is 0.424. The Kier molecular flexibility index (Phi) is 4.80. The summed E-state index contributed by atoms with van der Waals surface area (Å²) in [5.74, 6) is 0.0528. The topological polar surface area (TPSA) is 106 Å². The third-order valence-corrected chi connectivity index (χ3v) is 4.48. The number of fused-ring (bicyclic) bond motifs is 1. The zero-order valence-corrected chi connectivity index (χ0v) is 14.9. The van der Waals surface area contributed by atoms with E-state index in [1.807, 2.05) is 0 Å². The van der Waals surface area contributed by atoms with Crippen molar-refractivity contribution in [2.24, 2.45) is 19.8 Å². The summed E-state index contributed by atoms with van der Waals surface area (Å²) >= 11 is 0. The van der Waals surface area contributed by atoms with Crippen molar-refractivity contribution >= 4 is 5.97 Å². The van der Waals surface area contributed by atoms with E-state index in [2.05, 4.69) is 0 Å². The molecule has 0 unspecified atom stereocenters. The molecule has 1 aromatic heterocycles. The molecule has 8 nitrogen and oxygen atoms in total. The molecule has 138 valence electrons. The van der Waals surface area contributed by atoms with Gasteiger partial charge in [0, 0.05) is 38.7 Å². The Hall–Kier alpha value is -2.71. The Balaban J connectivity index is 2.23. The van der Waals surface area contributed by atoms with Crippen LogP contribution in [0.5, 0.6) is 5.75 Å². The van der Waals surface area contributed by atoms with Gasteiger partial charge in [0.05, 0.1) is 12.2 Å². The van der Waals surface area contributed by atoms with Crippen LogP contribution >= 0.6 is 0 Å². The van der Waals surface area contributed by atoms with E-state index in [9.17, 15) is 14.4 Å². The van der Waals surface area contributed by atoms with Gasteiger partial charge in [-0.15, -0.1) is 0 Å². The quantitative estimate of drug-likeness (QED) is 0.629. The number of aryl methyl sites for hydroxylation is 1. The van der Waals surface area contributed by atoms with Gasteiger partial charge in [0.1, 0.15) is 12.0 Å². The fourth-order valence-corrected chi connectivity index (χ4v) is 3.05. The molecule has 1 aliphatic heterocycles. The average Bonchev–Trinajstić information content (AvgIpc) is 2.63. The molecule has 0 radical (unpaired) electrons. The molecule has 0 spiro atoms. The van der Waals surface area contributed by atoms with E-state index in [1.54, 1.807) is 26.1 Å². The molecule has 26 heavy (non-hydrogen) atoms. The molecule has 3 rings (SSSR count). The van der Waals surface area contributed by atoms with Crippen LogP contribution < -0.4 is 21.7 Å². The van der Waals surface area contributed by atoms with Crippen molar-refractivity contribution in [1.82, 2.24) is 9.13 Å². The smallest absolute Gasteiger partial charge is 0.330 e. The van der Waals surface area contributed by atoms with Gasteiger partial charge < -0.3 is 19.8 Å². The lowest BCUT2D eigenvalue weighted by Gasteiger charge is -2.26. The summed E-state index contributed by atoms with van der Waals surface area (Å²) in [7, 11) is 3.02. The monoisotopic (exact) mass is 359 g/mol. The molecule has 1 aliphatic rings. The molecule has 0 saturated carbocycles. The maximum Gasteiger partial charge on any atom is 0.330 e. The van der Waals surface area contributed by atoms with Crippen molar-refractivity contribution in [2.75, 3.05) is 0 Å². The summed E-state index contributed by atoms with van der Waals surface area (Å²) in [6.07, 6.45) is 1.61. The fourth-order valence-electron chi connectivity index (χ4n) is 3.05. The molecule has 2 heterocycles. The highest BCUT2D eigenvalue weighted by molar-refractivity contribution is 5.75. The van der Waals surface area contributed by atoms with Crippen molar-refractivity contribution in [3.63, 3.8) is 0 Å². The number of ether oxygens (including phenoxy) is 2. The van der Waals surface area contributed by atoms with Gasteiger partial charge in [-0.3, -0.25) is 14.2 Å². The van der Waals surface area contributed by atoms with Gasteiger partial charge in [-0.25, -0.2) is 4.79 Å². The fraction of sp³-hybridized carbons (Fsp3) is 0.389. The molecule has 1 atom stereocenters. The molecule has 2 N–H and O–H groups in total. The molecular weight excluding hydrogens is 338 g/mol. The first kappa shape index (κ1) is 18.1. The van der Waals surface area contributed by atoms with Crippen LogP contribution in [0.3, 0.4) is 0 Å². The lowest BCUT2D eigenvalue weighted by Crippen LogP contribution is -2.37. The number of nitrogens with zero attached hydrogens (tertiary/aromatic N) is 2. The maximum absolute atomic E-state index is 12.6. The SMILES string of the molecule is CCC(=O)Oc1ccc(-c2cn(C)c(=O)n(C)c2=O)c2c1CO[C@H](N)C2. The summed E-state index contributed by atoms with van der Waals surface area (Å²) in [4.78, 5) is 36.3. The van der Waals surface area contributed by atoms with Crippen molar-refractivity contribution in [2.45, 2.75) is 32.6 Å². The zero-order chi connectivity index (χ0) is 19.0. The van der Waals surface area contributed by atoms with Gasteiger partial charge >= 0.3 is 11.7 Å². The number of benzene rings is 1. The Bertz CT molecular complexity index is 990. The second-order valence-electron chi connectivity index (χ2n) is 6.25. The summed E-state index contributed by atoms with van der Waals surface area (Å²) in [6, 6.07) is 3.36. The highest BCUT2D eigenvalue weighted by Crippen LogP contribution is 2.35. The van der Waals surface area contributed by atoms with Crippen LogP contribution in [0.2, 0.25) is 0 Å². The highest BCUT2D eigenvalue weighted by atomic mass is 16.5. The van der Waals surface area contributed by atoms with E-state index in [4.69, 9.17) is 15.2 Å². The zero-order valence-electron chi connectivity index (χ0n) is 14.9. The molecule has 2 aromatic rings. The number of hydrogen-bond acceptors (Lipinski definition) is 6. The summed E-state index contributed by atoms with van der Waals surface area (Å²) in [5.41, 5.74) is 7.66. The molecule has 0 saturated heterocycles. The number of rotatable bonds is 3. The van der Waals surface area contributed by atoms with Gasteiger partial charge in [-0.2, -0.15) is 0 Å². The number of carbonyl (C=O) groups excluding carboxylic acids is 1. The summed E-state index contributed by atoms with van der Waals surface area (Å²) < 4.78 is 13.3. The van der Waals surface area contributed by atoms with Crippen molar-refractivity contribution in [1.29, 1.82) is 0 Å². The Morgan fingerprint density at radius 2 is 2.00 bits per heavy atom. The first-order valence-electron chi connectivity index (χ1n) is 8.33. The maximum atomic E-state index is 12.6. The van der Waals surface area contributed by atoms with Crippen LogP contribution in [0.1, 0.15) is 24.5 Å². The van der Waals surface area contributed by atoms with Crippen LogP contribution in [0.4, 0.5) is 0 Å². The Morgan fingerprint density at radius 3 is 2.69 bits per heavy atom. The van der Waals surface area contributed by atoms with Gasteiger partial charge in [-0.05, 0) is 17.2 Å². The second kappa shape index (κ2) is 6.89. The molecular formula is C18H21N3O5. The number of aromatic nitrogens is 2. The van der Waals surface area contributed by atoms with E-state index < -0.39 is 17.5 Å². The first-order valence-corrected chi connectivity index (χ1v) is 8.33. The minimum absolute atomic E-state index is 0.183. The Morgan fingerprint density at radius 1 is 1.27 bits per heavy atom. The number of carbonyl (C=O) groups is 1. The summed E-state index contributed by atoms with van der Waals surface area (Å²) in [5, 5.41) is 0. The molecule has 0 fully saturated rings. The molecule has 0 bridgehead atoms. The van der Waals surface area contributed by atoms with Crippen LogP contribution in [0.15, 0.2) is 27.9 Å². The number of esters is 1. The van der Waals surface area contributed by atoms with Gasteiger partial charge in [0.15, 0.2) is 0 Å². The first-order chi connectivity index (χ1) is 12.3. The summed E-state index contributed by atoms with van der Waals surface area (Å²) in [6.45, 7) is 1.90. The van der Waals surface area contributed by atoms with Crippen LogP contribution in [0, 0.1) is 0 Å². The van der Waals surface area contributed by atoms with Gasteiger partial charge in [0.2, 0.25) is 0 Å². The van der Waals surface area contributed by atoms with Crippen LogP contribution in [-0.2, 0) is 36.7 Å². The molecule has 0 amide bonds. The van der Waals surface area contributed by atoms with Gasteiger partial charge in [-0.1, -0.05) is 13.0 Å². The molecule has 0 aliphatic carbocycles. The van der Waals surface area contributed by atoms with E-state index in [0.717, 1.165) is 10.1 Å². The largest absolute Gasteiger partial charge is 0.426 e. The lowest BCUT2D eigenvalue weighted by atomic mass is 9.92. The normalized spacial score (nSPS) is 16.2. The minimum Gasteiger partial charge on any atom is -0.426 e.